The molecule has 1 aliphatic rings. The van der Waals surface area contributed by atoms with Crippen LogP contribution in [0.25, 0.3) is 21.6 Å². The fourth-order valence-corrected chi connectivity index (χ4v) is 4.38. The molecule has 0 atom stereocenters. The number of rotatable bonds is 1. The van der Waals surface area contributed by atoms with Crippen molar-refractivity contribution in [2.45, 2.75) is 19.3 Å². The van der Waals surface area contributed by atoms with Crippen LogP contribution in [0, 0.1) is 11.6 Å². The van der Waals surface area contributed by atoms with E-state index < -0.39 is 11.6 Å². The van der Waals surface area contributed by atoms with E-state index >= 15 is 0 Å². The number of halogens is 3. The van der Waals surface area contributed by atoms with Gasteiger partial charge >= 0.3 is 0 Å². The van der Waals surface area contributed by atoms with E-state index in [0.717, 1.165) is 24.6 Å². The van der Waals surface area contributed by atoms with Gasteiger partial charge < -0.3 is 0 Å². The lowest BCUT2D eigenvalue weighted by Crippen LogP contribution is -1.96. The number of aromatic nitrogens is 2. The molecular formula is C15H9ClF2N2S. The van der Waals surface area contributed by atoms with Gasteiger partial charge in [0.2, 0.25) is 0 Å². The molecule has 0 unspecified atom stereocenters. The van der Waals surface area contributed by atoms with Gasteiger partial charge in [-0.1, -0.05) is 17.7 Å². The molecule has 0 radical (unpaired) electrons. The largest absolute Gasteiger partial charge is 0.217 e. The summed E-state index contributed by atoms with van der Waals surface area (Å²) in [5.41, 5.74) is 0.968. The summed E-state index contributed by atoms with van der Waals surface area (Å²) in [5.74, 6) is -1.37. The number of hydrogen-bond donors (Lipinski definition) is 0. The van der Waals surface area contributed by atoms with Crippen LogP contribution in [0.15, 0.2) is 18.2 Å². The second-order valence-electron chi connectivity index (χ2n) is 4.97. The van der Waals surface area contributed by atoms with E-state index in [1.54, 1.807) is 11.3 Å². The first-order chi connectivity index (χ1) is 10.1. The van der Waals surface area contributed by atoms with Crippen molar-refractivity contribution < 1.29 is 8.78 Å². The SMILES string of the molecule is Fc1cccc(F)c1-c1nc(Cl)c2c3c(sc2n1)CCC3. The van der Waals surface area contributed by atoms with Crippen molar-refractivity contribution in [3.8, 4) is 11.4 Å². The van der Waals surface area contributed by atoms with E-state index in [9.17, 15) is 8.78 Å². The van der Waals surface area contributed by atoms with E-state index in [4.69, 9.17) is 11.6 Å². The lowest BCUT2D eigenvalue weighted by molar-refractivity contribution is 0.587. The molecule has 0 N–H and O–H groups in total. The minimum absolute atomic E-state index is 0.00280. The van der Waals surface area contributed by atoms with Crippen LogP contribution in [0.5, 0.6) is 0 Å². The zero-order valence-electron chi connectivity index (χ0n) is 10.8. The molecule has 0 amide bonds. The third-order valence-corrected chi connectivity index (χ3v) is 5.17. The summed E-state index contributed by atoms with van der Waals surface area (Å²) in [6.45, 7) is 0. The van der Waals surface area contributed by atoms with E-state index in [1.165, 1.54) is 28.6 Å². The van der Waals surface area contributed by atoms with Crippen LogP contribution >= 0.6 is 22.9 Å². The quantitative estimate of drug-likeness (QED) is 0.603. The van der Waals surface area contributed by atoms with Gasteiger partial charge in [-0.2, -0.15) is 0 Å². The van der Waals surface area contributed by atoms with Gasteiger partial charge in [0, 0.05) is 4.88 Å². The maximum Gasteiger partial charge on any atom is 0.168 e. The van der Waals surface area contributed by atoms with Gasteiger partial charge in [0.25, 0.3) is 0 Å². The van der Waals surface area contributed by atoms with Crippen LogP contribution in [0.4, 0.5) is 8.78 Å². The molecule has 0 spiro atoms. The first-order valence-electron chi connectivity index (χ1n) is 6.57. The molecular weight excluding hydrogens is 314 g/mol. The van der Waals surface area contributed by atoms with Crippen LogP contribution in [-0.4, -0.2) is 9.97 Å². The average Bonchev–Trinajstić information content (AvgIpc) is 2.98. The average molecular weight is 323 g/mol. The summed E-state index contributed by atoms with van der Waals surface area (Å²) >= 11 is 7.79. The van der Waals surface area contributed by atoms with Crippen molar-refractivity contribution in [3.05, 3.63) is 45.4 Å². The normalized spacial score (nSPS) is 13.9. The fourth-order valence-electron chi connectivity index (χ4n) is 2.77. The lowest BCUT2D eigenvalue weighted by Gasteiger charge is -2.05. The molecule has 6 heteroatoms. The second-order valence-corrected chi connectivity index (χ2v) is 6.41. The molecule has 0 bridgehead atoms. The van der Waals surface area contributed by atoms with Crippen molar-refractivity contribution in [2.75, 3.05) is 0 Å². The Kier molecular flexibility index (Phi) is 2.94. The molecule has 0 saturated heterocycles. The number of hydrogen-bond acceptors (Lipinski definition) is 3. The third-order valence-electron chi connectivity index (χ3n) is 3.71. The molecule has 106 valence electrons. The Balaban J connectivity index is 2.00. The van der Waals surface area contributed by atoms with Gasteiger partial charge in [0.1, 0.15) is 21.6 Å². The molecule has 0 aliphatic heterocycles. The zero-order chi connectivity index (χ0) is 14.6. The third kappa shape index (κ3) is 1.95. The van der Waals surface area contributed by atoms with Crippen molar-refractivity contribution in [2.24, 2.45) is 0 Å². The maximum absolute atomic E-state index is 13.9. The Morgan fingerprint density at radius 2 is 1.86 bits per heavy atom. The molecule has 4 rings (SSSR count). The van der Waals surface area contributed by atoms with Gasteiger partial charge in [0.15, 0.2) is 5.82 Å². The highest BCUT2D eigenvalue weighted by Crippen LogP contribution is 2.40. The smallest absolute Gasteiger partial charge is 0.168 e. The Bertz CT molecular complexity index is 855. The minimum atomic E-state index is -0.686. The topological polar surface area (TPSA) is 25.8 Å². The maximum atomic E-state index is 13.9. The number of thiophene rings is 1. The first kappa shape index (κ1) is 13.1. The van der Waals surface area contributed by atoms with Crippen molar-refractivity contribution in [1.29, 1.82) is 0 Å². The van der Waals surface area contributed by atoms with Gasteiger partial charge in [-0.05, 0) is 37.0 Å². The fraction of sp³-hybridized carbons (Fsp3) is 0.200. The van der Waals surface area contributed by atoms with E-state index in [2.05, 4.69) is 9.97 Å². The number of benzene rings is 1. The Morgan fingerprint density at radius 3 is 2.62 bits per heavy atom. The molecule has 21 heavy (non-hydrogen) atoms. The van der Waals surface area contributed by atoms with Crippen LogP contribution < -0.4 is 0 Å². The standard InChI is InChI=1S/C15H9ClF2N2S/c16-13-11-7-3-1-6-10(7)21-15(11)20-14(19-13)12-8(17)4-2-5-9(12)18/h2,4-5H,1,3,6H2. The molecule has 1 aromatic carbocycles. The van der Waals surface area contributed by atoms with Crippen molar-refractivity contribution in [3.63, 3.8) is 0 Å². The molecule has 1 aliphatic carbocycles. The Labute approximate surface area is 128 Å². The molecule has 3 aromatic rings. The van der Waals surface area contributed by atoms with Crippen LogP contribution in [0.3, 0.4) is 0 Å². The summed E-state index contributed by atoms with van der Waals surface area (Å²) in [6.07, 6.45) is 3.08. The molecule has 0 saturated carbocycles. The van der Waals surface area contributed by atoms with E-state index in [-0.39, 0.29) is 16.5 Å². The lowest BCUT2D eigenvalue weighted by atomic mass is 10.1. The first-order valence-corrected chi connectivity index (χ1v) is 7.77. The minimum Gasteiger partial charge on any atom is -0.217 e. The monoisotopic (exact) mass is 322 g/mol. The predicted molar refractivity (Wildman–Crippen MR) is 79.8 cm³/mol. The number of aryl methyl sites for hydroxylation is 2. The summed E-state index contributed by atoms with van der Waals surface area (Å²) in [7, 11) is 0. The summed E-state index contributed by atoms with van der Waals surface area (Å²) in [4.78, 5) is 10.4. The number of nitrogens with zero attached hydrogens (tertiary/aromatic N) is 2. The zero-order valence-corrected chi connectivity index (χ0v) is 12.4. The van der Waals surface area contributed by atoms with Crippen LogP contribution in [0.1, 0.15) is 16.9 Å². The molecule has 0 fully saturated rings. The van der Waals surface area contributed by atoms with Gasteiger partial charge in [-0.25, -0.2) is 18.7 Å². The van der Waals surface area contributed by atoms with Gasteiger partial charge in [-0.15, -0.1) is 11.3 Å². The van der Waals surface area contributed by atoms with E-state index in [0.29, 0.717) is 4.83 Å². The van der Waals surface area contributed by atoms with Gasteiger partial charge in [0.05, 0.1) is 10.9 Å². The number of fused-ring (bicyclic) bond motifs is 3. The molecule has 2 aromatic heterocycles. The Morgan fingerprint density at radius 1 is 1.10 bits per heavy atom. The highest BCUT2D eigenvalue weighted by Gasteiger charge is 2.23. The molecule has 2 heterocycles. The Hall–Kier alpha value is -1.59. The van der Waals surface area contributed by atoms with Crippen molar-refractivity contribution >= 4 is 33.2 Å². The molecule has 2 nitrogen and oxygen atoms in total. The summed E-state index contributed by atoms with van der Waals surface area (Å²) in [5, 5.41) is 1.12. The van der Waals surface area contributed by atoms with E-state index in [1.807, 2.05) is 0 Å². The van der Waals surface area contributed by atoms with Gasteiger partial charge in [-0.3, -0.25) is 0 Å². The van der Waals surface area contributed by atoms with Crippen LogP contribution in [0.2, 0.25) is 5.15 Å². The highest BCUT2D eigenvalue weighted by molar-refractivity contribution is 7.19. The highest BCUT2D eigenvalue weighted by atomic mass is 35.5. The summed E-state index contributed by atoms with van der Waals surface area (Å²) < 4.78 is 27.7. The van der Waals surface area contributed by atoms with Crippen LogP contribution in [-0.2, 0) is 12.8 Å². The van der Waals surface area contributed by atoms with Crippen molar-refractivity contribution in [1.82, 2.24) is 9.97 Å². The second kappa shape index (κ2) is 4.71. The summed E-state index contributed by atoms with van der Waals surface area (Å²) in [6, 6.07) is 3.69. The predicted octanol–water partition coefficient (Wildman–Crippen LogP) is 4.78.